The third-order valence-electron chi connectivity index (χ3n) is 3.45. The molecular formula is C16H12N2O4. The van der Waals surface area contributed by atoms with Crippen molar-refractivity contribution < 1.29 is 18.7 Å². The standard InChI is InChI=1S/C16H12N2O4/c19-9-11-1-2-14(22-11)12-7-15-16(21-6-5-20-15)8-13(12)18-4-3-17-10-18/h1-4,7-10H,5-6H2. The zero-order valence-corrected chi connectivity index (χ0v) is 11.6. The molecule has 2 aromatic heterocycles. The molecule has 0 spiro atoms. The smallest absolute Gasteiger partial charge is 0.185 e. The van der Waals surface area contributed by atoms with E-state index in [4.69, 9.17) is 13.9 Å². The molecule has 0 amide bonds. The van der Waals surface area contributed by atoms with Crippen molar-refractivity contribution >= 4 is 6.29 Å². The van der Waals surface area contributed by atoms with Crippen LogP contribution in [0.15, 0.2) is 47.4 Å². The highest BCUT2D eigenvalue weighted by atomic mass is 16.6. The number of hydrogen-bond acceptors (Lipinski definition) is 5. The number of hydrogen-bond donors (Lipinski definition) is 0. The minimum Gasteiger partial charge on any atom is -0.486 e. The normalized spacial score (nSPS) is 13.1. The first kappa shape index (κ1) is 12.7. The molecule has 0 unspecified atom stereocenters. The van der Waals surface area contributed by atoms with Crippen LogP contribution < -0.4 is 9.47 Å². The highest BCUT2D eigenvalue weighted by Crippen LogP contribution is 2.39. The predicted molar refractivity (Wildman–Crippen MR) is 77.6 cm³/mol. The summed E-state index contributed by atoms with van der Waals surface area (Å²) in [6.45, 7) is 1.03. The van der Waals surface area contributed by atoms with Gasteiger partial charge in [0.2, 0.25) is 0 Å². The minimum atomic E-state index is 0.279. The van der Waals surface area contributed by atoms with Gasteiger partial charge < -0.3 is 18.5 Å². The van der Waals surface area contributed by atoms with E-state index in [9.17, 15) is 4.79 Å². The average Bonchev–Trinajstić information content (AvgIpc) is 3.25. The van der Waals surface area contributed by atoms with E-state index in [2.05, 4.69) is 4.98 Å². The molecule has 0 N–H and O–H groups in total. The summed E-state index contributed by atoms with van der Waals surface area (Å²) >= 11 is 0. The van der Waals surface area contributed by atoms with Crippen molar-refractivity contribution in [3.63, 3.8) is 0 Å². The highest BCUT2D eigenvalue weighted by Gasteiger charge is 2.19. The van der Waals surface area contributed by atoms with Crippen molar-refractivity contribution in [2.75, 3.05) is 13.2 Å². The quantitative estimate of drug-likeness (QED) is 0.695. The van der Waals surface area contributed by atoms with Gasteiger partial charge in [-0.05, 0) is 18.2 Å². The Morgan fingerprint density at radius 2 is 1.95 bits per heavy atom. The van der Waals surface area contributed by atoms with E-state index in [0.29, 0.717) is 36.8 Å². The molecule has 0 saturated carbocycles. The molecule has 0 radical (unpaired) electrons. The van der Waals surface area contributed by atoms with E-state index in [1.54, 1.807) is 24.7 Å². The molecule has 3 aromatic rings. The Kier molecular flexibility index (Phi) is 2.93. The van der Waals surface area contributed by atoms with Gasteiger partial charge in [0.25, 0.3) is 0 Å². The van der Waals surface area contributed by atoms with E-state index in [1.165, 1.54) is 0 Å². The zero-order valence-electron chi connectivity index (χ0n) is 11.6. The average molecular weight is 296 g/mol. The van der Waals surface area contributed by atoms with Crippen molar-refractivity contribution in [1.29, 1.82) is 0 Å². The van der Waals surface area contributed by atoms with Crippen molar-refractivity contribution in [3.8, 4) is 28.5 Å². The zero-order chi connectivity index (χ0) is 14.9. The molecule has 0 aliphatic carbocycles. The Labute approximate surface area is 125 Å². The number of fused-ring (bicyclic) bond motifs is 1. The number of aldehydes is 1. The number of imidazole rings is 1. The number of rotatable bonds is 3. The molecule has 0 bridgehead atoms. The molecule has 4 rings (SSSR count). The van der Waals surface area contributed by atoms with Crippen molar-refractivity contribution in [3.05, 3.63) is 48.7 Å². The van der Waals surface area contributed by atoms with Gasteiger partial charge in [-0.1, -0.05) is 0 Å². The van der Waals surface area contributed by atoms with Gasteiger partial charge in [-0.25, -0.2) is 4.98 Å². The summed E-state index contributed by atoms with van der Waals surface area (Å²) in [4.78, 5) is 14.9. The maximum Gasteiger partial charge on any atom is 0.185 e. The van der Waals surface area contributed by atoms with E-state index >= 15 is 0 Å². The number of carbonyl (C=O) groups excluding carboxylic acids is 1. The van der Waals surface area contributed by atoms with Gasteiger partial charge >= 0.3 is 0 Å². The summed E-state index contributed by atoms with van der Waals surface area (Å²) in [6.07, 6.45) is 5.90. The van der Waals surface area contributed by atoms with Crippen LogP contribution >= 0.6 is 0 Å². The fourth-order valence-corrected chi connectivity index (χ4v) is 2.45. The molecule has 0 atom stereocenters. The second-order valence-electron chi connectivity index (χ2n) is 4.80. The van der Waals surface area contributed by atoms with Gasteiger partial charge in [0.15, 0.2) is 23.5 Å². The lowest BCUT2D eigenvalue weighted by atomic mass is 10.1. The Hall–Kier alpha value is -3.02. The maximum atomic E-state index is 10.8. The summed E-state index contributed by atoms with van der Waals surface area (Å²) in [5.74, 6) is 2.21. The molecular weight excluding hydrogens is 284 g/mol. The summed E-state index contributed by atoms with van der Waals surface area (Å²) in [6, 6.07) is 7.14. The number of aromatic nitrogens is 2. The monoisotopic (exact) mass is 296 g/mol. The number of carbonyl (C=O) groups is 1. The first-order valence-electron chi connectivity index (χ1n) is 6.82. The fraction of sp³-hybridized carbons (Fsp3) is 0.125. The van der Waals surface area contributed by atoms with Crippen LogP contribution in [0.1, 0.15) is 10.6 Å². The summed E-state index contributed by atoms with van der Waals surface area (Å²) < 4.78 is 18.7. The van der Waals surface area contributed by atoms with E-state index in [0.717, 1.165) is 11.3 Å². The van der Waals surface area contributed by atoms with Gasteiger partial charge in [0, 0.05) is 24.0 Å². The molecule has 1 aromatic carbocycles. The number of nitrogens with zero attached hydrogens (tertiary/aromatic N) is 2. The molecule has 1 aliphatic rings. The van der Waals surface area contributed by atoms with Crippen LogP contribution in [-0.4, -0.2) is 29.1 Å². The number of benzene rings is 1. The topological polar surface area (TPSA) is 66.5 Å². The number of furan rings is 1. The second-order valence-corrected chi connectivity index (χ2v) is 4.80. The lowest BCUT2D eigenvalue weighted by Gasteiger charge is -2.21. The van der Waals surface area contributed by atoms with Gasteiger partial charge in [0.1, 0.15) is 19.0 Å². The maximum absolute atomic E-state index is 10.8. The van der Waals surface area contributed by atoms with E-state index < -0.39 is 0 Å². The van der Waals surface area contributed by atoms with Gasteiger partial charge in [0.05, 0.1) is 12.0 Å². The molecule has 22 heavy (non-hydrogen) atoms. The number of ether oxygens (including phenoxy) is 2. The largest absolute Gasteiger partial charge is 0.486 e. The van der Waals surface area contributed by atoms with Gasteiger partial charge in [-0.3, -0.25) is 4.79 Å². The first-order chi connectivity index (χ1) is 10.8. The summed E-state index contributed by atoms with van der Waals surface area (Å²) in [5.41, 5.74) is 1.64. The Balaban J connectivity index is 1.92. The van der Waals surface area contributed by atoms with Crippen molar-refractivity contribution in [2.24, 2.45) is 0 Å². The van der Waals surface area contributed by atoms with Gasteiger partial charge in [-0.2, -0.15) is 0 Å². The molecule has 0 saturated heterocycles. The van der Waals surface area contributed by atoms with Gasteiger partial charge in [-0.15, -0.1) is 0 Å². The summed E-state index contributed by atoms with van der Waals surface area (Å²) in [5, 5.41) is 0. The lowest BCUT2D eigenvalue weighted by Crippen LogP contribution is -2.15. The second kappa shape index (κ2) is 5.07. The van der Waals surface area contributed by atoms with Crippen LogP contribution in [0.2, 0.25) is 0 Å². The third kappa shape index (κ3) is 2.05. The van der Waals surface area contributed by atoms with Crippen molar-refractivity contribution in [1.82, 2.24) is 9.55 Å². The Bertz CT molecular complexity index is 821. The molecule has 3 heterocycles. The lowest BCUT2D eigenvalue weighted by molar-refractivity contribution is 0.110. The molecule has 110 valence electrons. The SMILES string of the molecule is O=Cc1ccc(-c2cc3c(cc2-n2ccnc2)OCCO3)o1. The minimum absolute atomic E-state index is 0.279. The molecule has 6 heteroatoms. The van der Waals surface area contributed by atoms with Crippen LogP contribution in [0.25, 0.3) is 17.0 Å². The van der Waals surface area contributed by atoms with Crippen LogP contribution in [0.4, 0.5) is 0 Å². The summed E-state index contributed by atoms with van der Waals surface area (Å²) in [7, 11) is 0. The highest BCUT2D eigenvalue weighted by molar-refractivity contribution is 5.77. The Morgan fingerprint density at radius 1 is 1.14 bits per heavy atom. The molecule has 0 fully saturated rings. The van der Waals surface area contributed by atoms with Crippen LogP contribution in [0, 0.1) is 0 Å². The van der Waals surface area contributed by atoms with E-state index in [1.807, 2.05) is 22.9 Å². The third-order valence-corrected chi connectivity index (χ3v) is 3.45. The van der Waals surface area contributed by atoms with E-state index in [-0.39, 0.29) is 5.76 Å². The van der Waals surface area contributed by atoms with Crippen LogP contribution in [0.3, 0.4) is 0 Å². The molecule has 6 nitrogen and oxygen atoms in total. The van der Waals surface area contributed by atoms with Crippen molar-refractivity contribution in [2.45, 2.75) is 0 Å². The predicted octanol–water partition coefficient (Wildman–Crippen LogP) is 2.72. The van der Waals surface area contributed by atoms with Crippen LogP contribution in [-0.2, 0) is 0 Å². The first-order valence-corrected chi connectivity index (χ1v) is 6.82. The Morgan fingerprint density at radius 3 is 2.64 bits per heavy atom. The van der Waals surface area contributed by atoms with Crippen LogP contribution in [0.5, 0.6) is 11.5 Å². The molecule has 1 aliphatic heterocycles. The fourth-order valence-electron chi connectivity index (χ4n) is 2.45.